The van der Waals surface area contributed by atoms with Gasteiger partial charge >= 0.3 is 53.5 Å². The monoisotopic (exact) mass is 844 g/mol. The molecule has 0 aliphatic carbocycles. The number of hydrogen-bond acceptors (Lipinski definition) is 2. The zero-order valence-corrected chi connectivity index (χ0v) is 37.9. The summed E-state index contributed by atoms with van der Waals surface area (Å²) in [6.07, 6.45) is 0. The number of aryl methyl sites for hydroxylation is 8. The fraction of sp³-hybridized carbons (Fsp3) is 0.208. The van der Waals surface area contributed by atoms with Crippen molar-refractivity contribution in [1.82, 2.24) is 0 Å². The van der Waals surface area contributed by atoms with Crippen LogP contribution in [0.4, 0.5) is 0 Å². The Morgan fingerprint density at radius 1 is 0.481 bits per heavy atom. The van der Waals surface area contributed by atoms with Gasteiger partial charge in [-0.2, -0.15) is 0 Å². The summed E-state index contributed by atoms with van der Waals surface area (Å²) in [7, 11) is 11.2. The third kappa shape index (κ3) is 8.58. The smallest absolute Gasteiger partial charge is 0.0925 e. The molecule has 0 saturated heterocycles. The Labute approximate surface area is 335 Å². The molecule has 2 nitrogen and oxygen atoms in total. The first-order valence-corrected chi connectivity index (χ1v) is 30.9. The van der Waals surface area contributed by atoms with Crippen molar-refractivity contribution in [3.63, 3.8) is 0 Å². The van der Waals surface area contributed by atoms with Crippen LogP contribution in [0, 0.1) is 55.4 Å². The minimum absolute atomic E-state index is 0.224. The third-order valence-corrected chi connectivity index (χ3v) is 30.1. The molecule has 0 radical (unpaired) electrons. The second-order valence-electron chi connectivity index (χ2n) is 14.6. The summed E-state index contributed by atoms with van der Waals surface area (Å²) in [6.45, 7) is 21.3. The summed E-state index contributed by atoms with van der Waals surface area (Å²) >= 11 is -1.65. The Bertz CT molecular complexity index is 2420. The van der Waals surface area contributed by atoms with Gasteiger partial charge in [0.15, 0.2) is 0 Å². The third-order valence-electron chi connectivity index (χ3n) is 10.3. The van der Waals surface area contributed by atoms with Crippen molar-refractivity contribution in [2.24, 2.45) is 0 Å². The topological polar surface area (TPSA) is 26.3 Å². The predicted octanol–water partition coefficient (Wildman–Crippen LogP) is 15.6. The molecule has 0 unspecified atom stereocenters. The Morgan fingerprint density at radius 3 is 1.17 bits per heavy atom. The Morgan fingerprint density at radius 2 is 0.852 bits per heavy atom. The van der Waals surface area contributed by atoms with Crippen LogP contribution in [0.3, 0.4) is 0 Å². The van der Waals surface area contributed by atoms with Gasteiger partial charge < -0.3 is 8.83 Å². The maximum Gasteiger partial charge on any atom is 0.0925 e. The van der Waals surface area contributed by atoms with Gasteiger partial charge in [-0.3, -0.25) is 0 Å². The van der Waals surface area contributed by atoms with E-state index in [2.05, 4.69) is 164 Å². The molecule has 8 aromatic rings. The van der Waals surface area contributed by atoms with Crippen molar-refractivity contribution in [3.8, 4) is 44.9 Å². The Kier molecular flexibility index (Phi) is 12.6. The van der Waals surface area contributed by atoms with Gasteiger partial charge in [-0.25, -0.2) is 0 Å². The fourth-order valence-electron chi connectivity index (χ4n) is 6.92. The van der Waals surface area contributed by atoms with E-state index < -0.39 is 18.0 Å². The average molecular weight is 847 g/mol. The first-order chi connectivity index (χ1) is 25.7. The summed E-state index contributed by atoms with van der Waals surface area (Å²) in [5, 5.41) is 5.12. The van der Waals surface area contributed by atoms with E-state index in [1.807, 2.05) is 13.8 Å². The standard InChI is InChI=1S/2C23H21O.C2H6Si.2ClH.Zr/c2*1-14-7-5-6-8-20(14)23-15(2)9-10-18-12-19(13-21(18)23)22-11-16(3)17(4)24-22;1-3-2;;;/h2*5-13H,1-4H3;1-2H3;2*1H;/q2*-1;;;;+2/p-2. The normalized spacial score (nSPS) is 11.0. The minimum Gasteiger partial charge on any atom is -0.496 e. The van der Waals surface area contributed by atoms with Crippen molar-refractivity contribution in [2.45, 2.75) is 68.5 Å². The molecular formula is C48H48Cl2O2SiZr-2. The average Bonchev–Trinajstić information content (AvgIpc) is 3.92. The molecule has 0 saturated carbocycles. The molecule has 0 aliphatic rings. The van der Waals surface area contributed by atoms with Crippen LogP contribution in [0.25, 0.3) is 66.4 Å². The van der Waals surface area contributed by atoms with E-state index in [1.54, 1.807) is 0 Å². The summed E-state index contributed by atoms with van der Waals surface area (Å²) < 4.78 is 11.9. The number of fused-ring (bicyclic) bond motifs is 2. The van der Waals surface area contributed by atoms with Crippen LogP contribution < -0.4 is 0 Å². The SMILES string of the molecule is C[Si](C)=[Zr]([Cl])[Cl].Cc1ccccc1-c1c(C)ccc2[cH-]c(-c3cc(C)c(C)o3)cc12.Cc1ccccc1-c1c(C)ccc2[cH-]c(-c3cc(C)c(C)o3)cc12. The minimum atomic E-state index is -1.65. The maximum atomic E-state index is 5.93. The number of furan rings is 2. The van der Waals surface area contributed by atoms with Gasteiger partial charge in [-0.05, 0) is 112 Å². The predicted molar refractivity (Wildman–Crippen MR) is 232 cm³/mol. The van der Waals surface area contributed by atoms with Gasteiger partial charge in [0.2, 0.25) is 0 Å². The van der Waals surface area contributed by atoms with Crippen LogP contribution in [0.15, 0.2) is 118 Å². The molecule has 0 atom stereocenters. The number of halogens is 2. The van der Waals surface area contributed by atoms with E-state index in [-0.39, 0.29) is 5.43 Å². The summed E-state index contributed by atoms with van der Waals surface area (Å²) in [5.74, 6) is 3.89. The first kappa shape index (κ1) is 40.0. The second-order valence-corrected chi connectivity index (χ2v) is 37.6. The van der Waals surface area contributed by atoms with Crippen LogP contribution in [0.2, 0.25) is 13.1 Å². The van der Waals surface area contributed by atoms with Crippen LogP contribution in [-0.2, 0) is 18.0 Å². The summed E-state index contributed by atoms with van der Waals surface area (Å²) in [5.41, 5.74) is 15.0. The molecule has 8 rings (SSSR count). The first-order valence-electron chi connectivity index (χ1n) is 18.4. The quantitative estimate of drug-likeness (QED) is 0.130. The van der Waals surface area contributed by atoms with E-state index in [0.717, 1.165) is 34.2 Å². The van der Waals surface area contributed by atoms with E-state index >= 15 is 0 Å². The number of hydrogen-bond donors (Lipinski definition) is 0. The summed E-state index contributed by atoms with van der Waals surface area (Å²) in [6, 6.07) is 39.3. The second kappa shape index (κ2) is 17.0. The van der Waals surface area contributed by atoms with Gasteiger partial charge in [0.05, 0.1) is 23.0 Å². The van der Waals surface area contributed by atoms with Crippen LogP contribution in [0.5, 0.6) is 0 Å². The molecule has 0 fully saturated rings. The van der Waals surface area contributed by atoms with Crippen molar-refractivity contribution in [3.05, 3.63) is 154 Å². The Hall–Kier alpha value is -3.66. The van der Waals surface area contributed by atoms with Gasteiger partial charge in [0, 0.05) is 0 Å². The van der Waals surface area contributed by atoms with Crippen LogP contribution >= 0.6 is 17.0 Å². The van der Waals surface area contributed by atoms with Crippen molar-refractivity contribution in [1.29, 1.82) is 0 Å². The Balaban J connectivity index is 0.000000160. The van der Waals surface area contributed by atoms with Gasteiger partial charge in [-0.1, -0.05) is 82.9 Å². The van der Waals surface area contributed by atoms with Gasteiger partial charge in [-0.15, -0.1) is 57.9 Å². The van der Waals surface area contributed by atoms with Crippen molar-refractivity contribution < 1.29 is 26.8 Å². The molecule has 6 heteroatoms. The molecular weight excluding hydrogens is 799 g/mol. The number of benzene rings is 4. The molecule has 54 heavy (non-hydrogen) atoms. The molecule has 0 spiro atoms. The van der Waals surface area contributed by atoms with Gasteiger partial charge in [0.25, 0.3) is 0 Å². The molecule has 2 heterocycles. The van der Waals surface area contributed by atoms with E-state index in [1.165, 1.54) is 77.2 Å². The maximum absolute atomic E-state index is 5.93. The molecule has 276 valence electrons. The molecule has 2 aromatic heterocycles. The summed E-state index contributed by atoms with van der Waals surface area (Å²) in [4.78, 5) is 0. The molecule has 0 N–H and O–H groups in total. The zero-order chi connectivity index (χ0) is 38.8. The van der Waals surface area contributed by atoms with E-state index in [4.69, 9.17) is 25.9 Å². The van der Waals surface area contributed by atoms with Crippen LogP contribution in [0.1, 0.15) is 44.9 Å². The molecule has 0 aliphatic heterocycles. The van der Waals surface area contributed by atoms with Crippen molar-refractivity contribution >= 4 is 44.0 Å². The zero-order valence-electron chi connectivity index (χ0n) is 33.0. The molecule has 0 bridgehead atoms. The molecule has 0 amide bonds. The van der Waals surface area contributed by atoms with E-state index in [9.17, 15) is 0 Å². The number of rotatable bonds is 4. The molecule has 6 aromatic carbocycles. The van der Waals surface area contributed by atoms with Gasteiger partial charge in [0.1, 0.15) is 0 Å². The van der Waals surface area contributed by atoms with Crippen LogP contribution in [-0.4, -0.2) is 5.43 Å². The van der Waals surface area contributed by atoms with Crippen molar-refractivity contribution in [2.75, 3.05) is 0 Å². The fourth-order valence-corrected chi connectivity index (χ4v) is 6.92. The largest absolute Gasteiger partial charge is 0.496 e. The van der Waals surface area contributed by atoms with E-state index in [0.29, 0.717) is 0 Å².